The van der Waals surface area contributed by atoms with Gasteiger partial charge >= 0.3 is 6.18 Å². The second kappa shape index (κ2) is 10.5. The summed E-state index contributed by atoms with van der Waals surface area (Å²) in [6, 6.07) is 15.6. The summed E-state index contributed by atoms with van der Waals surface area (Å²) in [7, 11) is 0. The molecule has 1 saturated heterocycles. The van der Waals surface area contributed by atoms with E-state index in [0.29, 0.717) is 41.3 Å². The maximum absolute atomic E-state index is 13.7. The molecule has 6 nitrogen and oxygen atoms in total. The Kier molecular flexibility index (Phi) is 7.31. The zero-order valence-corrected chi connectivity index (χ0v) is 22.5. The van der Waals surface area contributed by atoms with Crippen LogP contribution in [0.5, 0.6) is 0 Å². The fourth-order valence-corrected chi connectivity index (χ4v) is 4.78. The van der Waals surface area contributed by atoms with Crippen LogP contribution in [0.25, 0.3) is 22.2 Å². The highest BCUT2D eigenvalue weighted by molar-refractivity contribution is 5.93. The summed E-state index contributed by atoms with van der Waals surface area (Å²) in [5.74, 6) is 1.18. The van der Waals surface area contributed by atoms with E-state index in [0.717, 1.165) is 24.8 Å². The number of hydrogen-bond acceptors (Lipinski definition) is 6. The molecule has 1 aliphatic rings. The van der Waals surface area contributed by atoms with E-state index >= 15 is 0 Å². The largest absolute Gasteiger partial charge is 0.418 e. The summed E-state index contributed by atoms with van der Waals surface area (Å²) >= 11 is 0. The first-order chi connectivity index (χ1) is 18.5. The Labute approximate surface area is 226 Å². The number of anilines is 2. The first-order valence-electron chi connectivity index (χ1n) is 13.0. The van der Waals surface area contributed by atoms with Crippen LogP contribution in [0.2, 0.25) is 0 Å². The van der Waals surface area contributed by atoms with E-state index in [4.69, 9.17) is 14.7 Å². The average Bonchev–Trinajstić information content (AvgIpc) is 2.88. The van der Waals surface area contributed by atoms with Gasteiger partial charge in [0, 0.05) is 35.9 Å². The van der Waals surface area contributed by atoms with Gasteiger partial charge in [0.1, 0.15) is 11.6 Å². The van der Waals surface area contributed by atoms with E-state index in [2.05, 4.69) is 48.1 Å². The van der Waals surface area contributed by atoms with Gasteiger partial charge < -0.3 is 10.1 Å². The summed E-state index contributed by atoms with van der Waals surface area (Å²) < 4.78 is 46.8. The molecule has 0 saturated carbocycles. The van der Waals surface area contributed by atoms with Crippen LogP contribution >= 0.6 is 0 Å². The number of pyridine rings is 1. The Hall–Kier alpha value is -3.56. The van der Waals surface area contributed by atoms with Crippen molar-refractivity contribution in [2.75, 3.05) is 25.0 Å². The minimum Gasteiger partial charge on any atom is -0.376 e. The molecule has 3 heterocycles. The van der Waals surface area contributed by atoms with Gasteiger partial charge in [0.15, 0.2) is 0 Å². The second-order valence-electron chi connectivity index (χ2n) is 11.0. The van der Waals surface area contributed by atoms with Crippen molar-refractivity contribution in [1.82, 2.24) is 19.9 Å². The molecule has 1 aliphatic heterocycles. The van der Waals surface area contributed by atoms with Gasteiger partial charge in [-0.15, -0.1) is 0 Å². The molecule has 0 aliphatic carbocycles. The number of fused-ring (bicyclic) bond motifs is 1. The zero-order chi connectivity index (χ0) is 27.8. The smallest absolute Gasteiger partial charge is 0.376 e. The van der Waals surface area contributed by atoms with E-state index < -0.39 is 11.7 Å². The lowest BCUT2D eigenvalue weighted by Gasteiger charge is -2.30. The van der Waals surface area contributed by atoms with E-state index in [9.17, 15) is 13.2 Å². The summed E-state index contributed by atoms with van der Waals surface area (Å²) in [4.78, 5) is 15.9. The lowest BCUT2D eigenvalue weighted by molar-refractivity contribution is -0.137. The van der Waals surface area contributed by atoms with Crippen molar-refractivity contribution in [3.63, 3.8) is 0 Å². The van der Waals surface area contributed by atoms with E-state index in [1.807, 2.05) is 19.1 Å². The highest BCUT2D eigenvalue weighted by Gasteiger charge is 2.34. The van der Waals surface area contributed by atoms with Crippen LogP contribution in [-0.2, 0) is 22.9 Å². The number of nitrogens with one attached hydrogen (secondary N) is 1. The van der Waals surface area contributed by atoms with E-state index in [-0.39, 0.29) is 17.2 Å². The van der Waals surface area contributed by atoms with Gasteiger partial charge in [-0.2, -0.15) is 13.2 Å². The van der Waals surface area contributed by atoms with Crippen molar-refractivity contribution >= 4 is 22.4 Å². The van der Waals surface area contributed by atoms with Crippen molar-refractivity contribution in [2.24, 2.45) is 0 Å². The molecule has 4 aromatic rings. The Balaban J connectivity index is 1.57. The molecular formula is C30H32F3N5O. The molecule has 1 atom stereocenters. The first-order valence-corrected chi connectivity index (χ1v) is 13.0. The Morgan fingerprint density at radius 2 is 1.79 bits per heavy atom. The Bertz CT molecular complexity index is 1460. The van der Waals surface area contributed by atoms with Crippen LogP contribution in [-0.4, -0.2) is 45.7 Å². The molecule has 0 spiro atoms. The van der Waals surface area contributed by atoms with Gasteiger partial charge in [-0.25, -0.2) is 9.97 Å². The molecule has 2 aromatic carbocycles. The number of alkyl halides is 3. The van der Waals surface area contributed by atoms with Crippen molar-refractivity contribution in [1.29, 1.82) is 0 Å². The quantitative estimate of drug-likeness (QED) is 0.298. The molecule has 9 heteroatoms. The number of ether oxygens (including phenoxy) is 1. The Morgan fingerprint density at radius 1 is 1.03 bits per heavy atom. The standard InChI is InChI=1S/C30H32F3N5O/c1-19-17-38(14-15-39-19)18-26-36-25-16-20(27-24(30(31,32)33)6-5-13-34-27)7-12-23(25)28(37-26)35-22-10-8-21(9-11-22)29(2,3)4/h5-13,16,19H,14-15,17-18H2,1-4H3,(H,35,36,37)/t19-/m0/s1. The van der Waals surface area contributed by atoms with E-state index in [1.54, 1.807) is 18.2 Å². The predicted octanol–water partition coefficient (Wildman–Crippen LogP) is 6.97. The van der Waals surface area contributed by atoms with Crippen LogP contribution in [0.15, 0.2) is 60.8 Å². The van der Waals surface area contributed by atoms with Crippen LogP contribution in [0, 0.1) is 0 Å². The number of rotatable bonds is 5. The van der Waals surface area contributed by atoms with Crippen LogP contribution in [0.1, 0.15) is 44.6 Å². The lowest BCUT2D eigenvalue weighted by atomic mass is 9.87. The minimum atomic E-state index is -4.52. The number of nitrogens with zero attached hydrogens (tertiary/aromatic N) is 4. The molecule has 0 unspecified atom stereocenters. The molecule has 5 rings (SSSR count). The molecule has 0 bridgehead atoms. The minimum absolute atomic E-state index is 0.0275. The highest BCUT2D eigenvalue weighted by Crippen LogP contribution is 2.37. The van der Waals surface area contributed by atoms with Crippen LogP contribution in [0.4, 0.5) is 24.7 Å². The summed E-state index contributed by atoms with van der Waals surface area (Å²) in [6.07, 6.45) is -3.04. The first kappa shape index (κ1) is 27.0. The second-order valence-corrected chi connectivity index (χ2v) is 11.0. The van der Waals surface area contributed by atoms with Crippen molar-refractivity contribution in [3.05, 3.63) is 77.7 Å². The number of halogens is 3. The van der Waals surface area contributed by atoms with Crippen molar-refractivity contribution in [2.45, 2.75) is 51.9 Å². The Morgan fingerprint density at radius 3 is 2.49 bits per heavy atom. The summed E-state index contributed by atoms with van der Waals surface area (Å²) in [5, 5.41) is 4.13. The van der Waals surface area contributed by atoms with Crippen LogP contribution in [0.3, 0.4) is 0 Å². The molecule has 1 N–H and O–H groups in total. The van der Waals surface area contributed by atoms with Gasteiger partial charge in [0.25, 0.3) is 0 Å². The fourth-order valence-electron chi connectivity index (χ4n) is 4.78. The third-order valence-corrected chi connectivity index (χ3v) is 6.83. The lowest BCUT2D eigenvalue weighted by Crippen LogP contribution is -2.40. The summed E-state index contributed by atoms with van der Waals surface area (Å²) in [5.41, 5.74) is 2.09. The molecule has 39 heavy (non-hydrogen) atoms. The molecule has 2 aromatic heterocycles. The SMILES string of the molecule is C[C@H]1CN(Cc2nc(Nc3ccc(C(C)(C)C)cc3)c3ccc(-c4ncccc4C(F)(F)F)cc3n2)CCO1. The predicted molar refractivity (Wildman–Crippen MR) is 147 cm³/mol. The average molecular weight is 536 g/mol. The normalized spacial score (nSPS) is 16.9. The van der Waals surface area contributed by atoms with Gasteiger partial charge in [-0.3, -0.25) is 9.88 Å². The number of benzene rings is 2. The molecule has 204 valence electrons. The molecule has 0 radical (unpaired) electrons. The molecule has 1 fully saturated rings. The highest BCUT2D eigenvalue weighted by atomic mass is 19.4. The maximum Gasteiger partial charge on any atom is 0.418 e. The number of morpholine rings is 1. The third kappa shape index (κ3) is 6.20. The zero-order valence-electron chi connectivity index (χ0n) is 22.5. The number of hydrogen-bond donors (Lipinski definition) is 1. The topological polar surface area (TPSA) is 63.2 Å². The number of aromatic nitrogens is 3. The van der Waals surface area contributed by atoms with E-state index in [1.165, 1.54) is 17.8 Å². The van der Waals surface area contributed by atoms with Gasteiger partial charge in [-0.05, 0) is 54.3 Å². The summed E-state index contributed by atoms with van der Waals surface area (Å²) in [6.45, 7) is 11.2. The molecular weight excluding hydrogens is 503 g/mol. The van der Waals surface area contributed by atoms with Gasteiger partial charge in [-0.1, -0.05) is 39.0 Å². The fraction of sp³-hybridized carbons (Fsp3) is 0.367. The van der Waals surface area contributed by atoms with Crippen LogP contribution < -0.4 is 5.32 Å². The van der Waals surface area contributed by atoms with Crippen molar-refractivity contribution in [3.8, 4) is 11.3 Å². The van der Waals surface area contributed by atoms with Gasteiger partial charge in [0.05, 0.1) is 36.0 Å². The maximum atomic E-state index is 13.7. The third-order valence-electron chi connectivity index (χ3n) is 6.83. The molecule has 0 amide bonds. The van der Waals surface area contributed by atoms with Crippen molar-refractivity contribution < 1.29 is 17.9 Å². The van der Waals surface area contributed by atoms with Gasteiger partial charge in [0.2, 0.25) is 0 Å². The monoisotopic (exact) mass is 535 g/mol.